The molecule has 1 aliphatic rings. The summed E-state index contributed by atoms with van der Waals surface area (Å²) < 4.78 is 59.7. The van der Waals surface area contributed by atoms with Crippen LogP contribution in [0.4, 0.5) is 23.7 Å². The summed E-state index contributed by atoms with van der Waals surface area (Å²) in [4.78, 5) is 25.0. The Bertz CT molecular complexity index is 1610. The second kappa shape index (κ2) is 17.4. The summed E-state index contributed by atoms with van der Waals surface area (Å²) in [5.41, 5.74) is 7.74. The zero-order valence-electron chi connectivity index (χ0n) is 26.7. The molecule has 0 aromatic heterocycles. The number of benzene rings is 4. The lowest BCUT2D eigenvalue weighted by Gasteiger charge is -2.31. The molecule has 0 aliphatic carbocycles. The maximum absolute atomic E-state index is 15.3. The van der Waals surface area contributed by atoms with Crippen LogP contribution in [0.2, 0.25) is 0 Å². The highest BCUT2D eigenvalue weighted by Gasteiger charge is 2.31. The zero-order valence-corrected chi connectivity index (χ0v) is 26.7. The molecule has 9 nitrogen and oxygen atoms in total. The molecule has 1 heterocycles. The summed E-state index contributed by atoms with van der Waals surface area (Å²) >= 11 is 0. The van der Waals surface area contributed by atoms with Crippen LogP contribution in [0.3, 0.4) is 0 Å². The van der Waals surface area contributed by atoms with E-state index in [1.165, 1.54) is 60.7 Å². The quantitative estimate of drug-likeness (QED) is 0.126. The van der Waals surface area contributed by atoms with Crippen molar-refractivity contribution in [2.24, 2.45) is 5.73 Å². The maximum Gasteiger partial charge on any atom is 0.407 e. The van der Waals surface area contributed by atoms with E-state index in [1.54, 1.807) is 6.07 Å². The molecule has 2 amide bonds. The van der Waals surface area contributed by atoms with Gasteiger partial charge in [0.2, 0.25) is 5.91 Å². The van der Waals surface area contributed by atoms with E-state index in [1.807, 2.05) is 30.3 Å². The van der Waals surface area contributed by atoms with E-state index in [-0.39, 0.29) is 38.3 Å². The number of hydrogen-bond acceptors (Lipinski definition) is 7. The van der Waals surface area contributed by atoms with Crippen molar-refractivity contribution in [3.05, 3.63) is 131 Å². The molecule has 5 rings (SSSR count). The number of halogens is 3. The van der Waals surface area contributed by atoms with Gasteiger partial charge >= 0.3 is 6.09 Å². The molecule has 0 spiro atoms. The van der Waals surface area contributed by atoms with Gasteiger partial charge in [0.15, 0.2) is 0 Å². The van der Waals surface area contributed by atoms with Crippen molar-refractivity contribution in [3.63, 3.8) is 0 Å². The van der Waals surface area contributed by atoms with E-state index in [0.717, 1.165) is 0 Å². The van der Waals surface area contributed by atoms with E-state index < -0.39 is 41.4 Å². The number of carbonyl (C=O) groups excluding carboxylic acids is 2. The lowest BCUT2D eigenvalue weighted by Crippen LogP contribution is -2.49. The molecule has 0 unspecified atom stereocenters. The van der Waals surface area contributed by atoms with Crippen LogP contribution in [0.5, 0.6) is 5.75 Å². The van der Waals surface area contributed by atoms with Crippen LogP contribution >= 0.6 is 0 Å². The Morgan fingerprint density at radius 3 is 2.18 bits per heavy atom. The summed E-state index contributed by atoms with van der Waals surface area (Å²) in [6.07, 6.45) is -0.0703. The third kappa shape index (κ3) is 10.2. The van der Waals surface area contributed by atoms with E-state index in [4.69, 9.17) is 19.9 Å². The highest BCUT2D eigenvalue weighted by Crippen LogP contribution is 2.32. The van der Waals surface area contributed by atoms with Crippen LogP contribution in [0.1, 0.15) is 29.0 Å². The van der Waals surface area contributed by atoms with Gasteiger partial charge in [-0.1, -0.05) is 48.5 Å². The van der Waals surface area contributed by atoms with E-state index in [9.17, 15) is 18.4 Å². The Kier molecular flexibility index (Phi) is 12.5. The second-order valence-corrected chi connectivity index (χ2v) is 11.7. The summed E-state index contributed by atoms with van der Waals surface area (Å²) in [6.45, 7) is 1.45. The number of rotatable bonds is 15. The van der Waals surface area contributed by atoms with E-state index in [2.05, 4.69) is 16.0 Å². The number of amides is 2. The standard InChI is InChI=1S/C37H39F3N4O5/c38-26-13-9-24(10-14-26)34(25-11-15-27(39)16-12-25)35(36(41)45)44-33-8-4-7-32(40)31(33)18-17-30-21-43-28(22-48-30)23-49-37(46)42-19-20-47-29-5-2-1-3-6-29/h1-16,28,30,34-35,43-44H,17-23H2,(H2,41,45)(H,42,46)/t28-,30+,35-/m0/s1. The lowest BCUT2D eigenvalue weighted by atomic mass is 9.84. The average molecular weight is 677 g/mol. The van der Waals surface area contributed by atoms with Crippen molar-refractivity contribution in [2.75, 3.05) is 38.2 Å². The number of nitrogens with one attached hydrogen (secondary N) is 3. The second-order valence-electron chi connectivity index (χ2n) is 11.7. The number of carbonyl (C=O) groups is 2. The average Bonchev–Trinajstić information content (AvgIpc) is 3.11. The molecule has 3 atom stereocenters. The Hall–Kier alpha value is -5.07. The molecule has 1 aliphatic heterocycles. The van der Waals surface area contributed by atoms with E-state index >= 15 is 4.39 Å². The number of ether oxygens (including phenoxy) is 3. The van der Waals surface area contributed by atoms with E-state index in [0.29, 0.717) is 47.7 Å². The Labute approximate surface area is 282 Å². The Morgan fingerprint density at radius 2 is 1.57 bits per heavy atom. The summed E-state index contributed by atoms with van der Waals surface area (Å²) in [5, 5.41) is 9.09. The van der Waals surface area contributed by atoms with Crippen molar-refractivity contribution in [1.29, 1.82) is 0 Å². The van der Waals surface area contributed by atoms with Crippen molar-refractivity contribution in [1.82, 2.24) is 10.6 Å². The normalized spacial score (nSPS) is 16.5. The van der Waals surface area contributed by atoms with Crippen LogP contribution in [0.25, 0.3) is 0 Å². The highest BCUT2D eigenvalue weighted by molar-refractivity contribution is 5.85. The predicted molar refractivity (Wildman–Crippen MR) is 179 cm³/mol. The molecule has 12 heteroatoms. The first-order chi connectivity index (χ1) is 23.8. The molecule has 5 N–H and O–H groups in total. The third-order valence-corrected chi connectivity index (χ3v) is 8.21. The fraction of sp³-hybridized carbons (Fsp3) is 0.297. The summed E-state index contributed by atoms with van der Waals surface area (Å²) in [7, 11) is 0. The zero-order chi connectivity index (χ0) is 34.6. The number of primary amides is 1. The van der Waals surface area contributed by atoms with Crippen LogP contribution in [0.15, 0.2) is 97.1 Å². The minimum absolute atomic E-state index is 0.108. The fourth-order valence-electron chi connectivity index (χ4n) is 5.68. The minimum atomic E-state index is -1.08. The molecule has 1 saturated heterocycles. The van der Waals surface area contributed by atoms with Gasteiger partial charge in [-0.3, -0.25) is 4.79 Å². The lowest BCUT2D eigenvalue weighted by molar-refractivity contribution is -0.119. The number of anilines is 1. The smallest absolute Gasteiger partial charge is 0.407 e. The number of alkyl carbamates (subject to hydrolysis) is 1. The number of hydrogen-bond donors (Lipinski definition) is 4. The number of nitrogens with two attached hydrogens (primary N) is 1. The molecular formula is C37H39F3N4O5. The minimum Gasteiger partial charge on any atom is -0.492 e. The monoisotopic (exact) mass is 676 g/mol. The molecule has 0 bridgehead atoms. The first-order valence-electron chi connectivity index (χ1n) is 16.0. The largest absolute Gasteiger partial charge is 0.492 e. The predicted octanol–water partition coefficient (Wildman–Crippen LogP) is 5.30. The molecule has 0 radical (unpaired) electrons. The molecule has 1 fully saturated rings. The maximum atomic E-state index is 15.3. The van der Waals surface area contributed by atoms with Crippen LogP contribution in [0, 0.1) is 17.5 Å². The van der Waals surface area contributed by atoms with Crippen molar-refractivity contribution in [3.8, 4) is 5.75 Å². The van der Waals surface area contributed by atoms with Gasteiger partial charge in [-0.05, 0) is 72.5 Å². The summed E-state index contributed by atoms with van der Waals surface area (Å²) in [5.74, 6) is -2.13. The van der Waals surface area contributed by atoms with Crippen molar-refractivity contribution in [2.45, 2.75) is 36.9 Å². The molecule has 0 saturated carbocycles. The number of para-hydroxylation sites is 1. The van der Waals surface area contributed by atoms with Crippen molar-refractivity contribution >= 4 is 17.7 Å². The molecule has 4 aromatic rings. The molecule has 258 valence electrons. The molecular weight excluding hydrogens is 637 g/mol. The van der Waals surface area contributed by atoms with Crippen LogP contribution in [-0.2, 0) is 20.7 Å². The summed E-state index contributed by atoms with van der Waals surface area (Å²) in [6, 6.07) is 23.7. The Balaban J connectivity index is 1.15. The first-order valence-corrected chi connectivity index (χ1v) is 16.0. The molecule has 49 heavy (non-hydrogen) atoms. The van der Waals surface area contributed by atoms with Gasteiger partial charge in [0.05, 0.1) is 25.3 Å². The van der Waals surface area contributed by atoms with Gasteiger partial charge in [-0.15, -0.1) is 0 Å². The molecule has 4 aromatic carbocycles. The van der Waals surface area contributed by atoms with Gasteiger partial charge in [-0.2, -0.15) is 0 Å². The van der Waals surface area contributed by atoms with Crippen LogP contribution < -0.4 is 26.4 Å². The Morgan fingerprint density at radius 1 is 0.898 bits per heavy atom. The highest BCUT2D eigenvalue weighted by atomic mass is 19.1. The van der Waals surface area contributed by atoms with Gasteiger partial charge in [0.1, 0.15) is 42.5 Å². The first kappa shape index (κ1) is 35.2. The van der Waals surface area contributed by atoms with Crippen LogP contribution in [-0.4, -0.2) is 63.1 Å². The third-order valence-electron chi connectivity index (χ3n) is 8.21. The topological polar surface area (TPSA) is 124 Å². The van der Waals surface area contributed by atoms with Gasteiger partial charge in [0.25, 0.3) is 0 Å². The van der Waals surface area contributed by atoms with Gasteiger partial charge < -0.3 is 35.9 Å². The van der Waals surface area contributed by atoms with Gasteiger partial charge in [0, 0.05) is 23.7 Å². The fourth-order valence-corrected chi connectivity index (χ4v) is 5.68. The van der Waals surface area contributed by atoms with Gasteiger partial charge in [-0.25, -0.2) is 18.0 Å². The SMILES string of the molecule is NC(=O)[C@@H](Nc1cccc(F)c1CC[C@@H]1CN[C@H](COC(=O)NCCOc2ccccc2)CO1)C(c1ccc(F)cc1)c1ccc(F)cc1. The van der Waals surface area contributed by atoms with Crippen molar-refractivity contribution < 1.29 is 37.0 Å². The number of morpholine rings is 1.